The molecular weight excluding hydrogens is 207 g/mol. The molecule has 1 aromatic heterocycles. The zero-order chi connectivity index (χ0) is 11.6. The lowest BCUT2D eigenvalue weighted by molar-refractivity contribution is 0.0890. The number of nitrogens with zero attached hydrogens (tertiary/aromatic N) is 1. The van der Waals surface area contributed by atoms with Gasteiger partial charge in [0, 0.05) is 24.4 Å². The molecule has 16 heavy (non-hydrogen) atoms. The lowest BCUT2D eigenvalue weighted by atomic mass is 9.70. The predicted molar refractivity (Wildman–Crippen MR) is 58.5 cm³/mol. The Morgan fingerprint density at radius 1 is 1.62 bits per heavy atom. The molecule has 1 saturated carbocycles. The van der Waals surface area contributed by atoms with Gasteiger partial charge < -0.3 is 5.32 Å². The van der Waals surface area contributed by atoms with Crippen LogP contribution in [0, 0.1) is 11.4 Å². The van der Waals surface area contributed by atoms with Crippen molar-refractivity contribution in [2.24, 2.45) is 5.41 Å². The van der Waals surface area contributed by atoms with Crippen LogP contribution in [0.5, 0.6) is 0 Å². The average Bonchev–Trinajstić information content (AvgIpc) is 2.23. The van der Waals surface area contributed by atoms with Crippen LogP contribution >= 0.6 is 0 Å². The molecule has 0 aromatic carbocycles. The maximum atomic E-state index is 12.8. The maximum Gasteiger partial charge on any atom is 0.251 e. The molecule has 0 radical (unpaired) electrons. The van der Waals surface area contributed by atoms with Gasteiger partial charge in [-0.25, -0.2) is 4.98 Å². The van der Waals surface area contributed by atoms with Crippen LogP contribution in [0.25, 0.3) is 0 Å². The van der Waals surface area contributed by atoms with Crippen molar-refractivity contribution < 1.29 is 9.18 Å². The molecule has 1 N–H and O–H groups in total. The third-order valence-corrected chi connectivity index (χ3v) is 3.23. The molecule has 0 aliphatic heterocycles. The van der Waals surface area contributed by atoms with E-state index in [1.54, 1.807) is 0 Å². The molecule has 1 heterocycles. The maximum absolute atomic E-state index is 12.8. The van der Waals surface area contributed by atoms with Crippen LogP contribution in [-0.4, -0.2) is 17.4 Å². The summed E-state index contributed by atoms with van der Waals surface area (Å²) in [6, 6.07) is 2.67. The SMILES string of the molecule is CC1(CNC(=O)c2ccnc(F)c2)CCC1. The van der Waals surface area contributed by atoms with Crippen molar-refractivity contribution in [2.75, 3.05) is 6.54 Å². The molecule has 1 aliphatic carbocycles. The van der Waals surface area contributed by atoms with Crippen molar-refractivity contribution in [3.8, 4) is 0 Å². The first kappa shape index (κ1) is 11.0. The normalized spacial score (nSPS) is 17.6. The number of carbonyl (C=O) groups excluding carboxylic acids is 1. The highest BCUT2D eigenvalue weighted by atomic mass is 19.1. The Morgan fingerprint density at radius 3 is 2.94 bits per heavy atom. The van der Waals surface area contributed by atoms with Gasteiger partial charge in [-0.05, 0) is 24.3 Å². The van der Waals surface area contributed by atoms with Crippen molar-refractivity contribution >= 4 is 5.91 Å². The van der Waals surface area contributed by atoms with Crippen LogP contribution in [0.4, 0.5) is 4.39 Å². The summed E-state index contributed by atoms with van der Waals surface area (Å²) in [6.45, 7) is 2.82. The summed E-state index contributed by atoms with van der Waals surface area (Å²) in [5.41, 5.74) is 0.566. The van der Waals surface area contributed by atoms with Crippen molar-refractivity contribution in [1.82, 2.24) is 10.3 Å². The third kappa shape index (κ3) is 2.38. The number of nitrogens with one attached hydrogen (secondary N) is 1. The summed E-state index contributed by atoms with van der Waals surface area (Å²) in [5, 5.41) is 2.84. The second-order valence-electron chi connectivity index (χ2n) is 4.71. The summed E-state index contributed by atoms with van der Waals surface area (Å²) < 4.78 is 12.8. The molecule has 3 nitrogen and oxygen atoms in total. The van der Waals surface area contributed by atoms with Crippen molar-refractivity contribution in [3.05, 3.63) is 29.8 Å². The van der Waals surface area contributed by atoms with Crippen LogP contribution in [-0.2, 0) is 0 Å². The van der Waals surface area contributed by atoms with Gasteiger partial charge in [0.25, 0.3) is 5.91 Å². The van der Waals surface area contributed by atoms with E-state index in [-0.39, 0.29) is 11.3 Å². The zero-order valence-electron chi connectivity index (χ0n) is 9.29. The highest BCUT2D eigenvalue weighted by Crippen LogP contribution is 2.39. The van der Waals surface area contributed by atoms with E-state index in [1.165, 1.54) is 18.7 Å². The molecule has 86 valence electrons. The molecule has 0 unspecified atom stereocenters. The Balaban J connectivity index is 1.93. The predicted octanol–water partition coefficient (Wildman–Crippen LogP) is 2.14. The van der Waals surface area contributed by atoms with E-state index in [9.17, 15) is 9.18 Å². The topological polar surface area (TPSA) is 42.0 Å². The summed E-state index contributed by atoms with van der Waals surface area (Å²) in [6.07, 6.45) is 4.83. The van der Waals surface area contributed by atoms with Gasteiger partial charge in [-0.3, -0.25) is 4.79 Å². The Kier molecular flexibility index (Phi) is 2.90. The van der Waals surface area contributed by atoms with Gasteiger partial charge >= 0.3 is 0 Å². The summed E-state index contributed by atoms with van der Waals surface area (Å²) >= 11 is 0. The van der Waals surface area contributed by atoms with Gasteiger partial charge in [0.05, 0.1) is 0 Å². The molecule has 1 aromatic rings. The second kappa shape index (κ2) is 4.20. The highest BCUT2D eigenvalue weighted by molar-refractivity contribution is 5.94. The number of hydrogen-bond donors (Lipinski definition) is 1. The fourth-order valence-electron chi connectivity index (χ4n) is 1.90. The van der Waals surface area contributed by atoms with Crippen LogP contribution in [0.2, 0.25) is 0 Å². The molecule has 1 aliphatic rings. The Hall–Kier alpha value is -1.45. The van der Waals surface area contributed by atoms with Gasteiger partial charge in [0.1, 0.15) is 0 Å². The lowest BCUT2D eigenvalue weighted by Gasteiger charge is -2.38. The standard InChI is InChI=1S/C12H15FN2O/c1-12(4-2-5-12)8-15-11(16)9-3-6-14-10(13)7-9/h3,6-7H,2,4-5,8H2,1H3,(H,15,16). The average molecular weight is 222 g/mol. The number of carbonyl (C=O) groups is 1. The van der Waals surface area contributed by atoms with Crippen LogP contribution < -0.4 is 5.32 Å². The minimum absolute atomic E-state index is 0.227. The largest absolute Gasteiger partial charge is 0.351 e. The number of hydrogen-bond acceptors (Lipinski definition) is 2. The van der Waals surface area contributed by atoms with Gasteiger partial charge in [-0.2, -0.15) is 4.39 Å². The molecular formula is C12H15FN2O. The van der Waals surface area contributed by atoms with Gasteiger partial charge in [-0.1, -0.05) is 13.3 Å². The number of halogens is 1. The monoisotopic (exact) mass is 222 g/mol. The molecule has 0 atom stereocenters. The molecule has 0 saturated heterocycles. The second-order valence-corrected chi connectivity index (χ2v) is 4.71. The first-order chi connectivity index (χ1) is 7.59. The van der Waals surface area contributed by atoms with E-state index < -0.39 is 5.95 Å². The van der Waals surface area contributed by atoms with E-state index in [1.807, 2.05) is 0 Å². The Morgan fingerprint density at radius 2 is 2.38 bits per heavy atom. The van der Waals surface area contributed by atoms with Crippen LogP contribution in [0.3, 0.4) is 0 Å². The molecule has 0 bridgehead atoms. The molecule has 1 fully saturated rings. The Labute approximate surface area is 94.1 Å². The minimum atomic E-state index is -0.623. The quantitative estimate of drug-likeness (QED) is 0.796. The highest BCUT2D eigenvalue weighted by Gasteiger charge is 2.31. The Bertz CT molecular complexity index is 402. The van der Waals surface area contributed by atoms with Crippen LogP contribution in [0.15, 0.2) is 18.3 Å². The van der Waals surface area contributed by atoms with E-state index >= 15 is 0 Å². The van der Waals surface area contributed by atoms with E-state index in [2.05, 4.69) is 17.2 Å². The number of rotatable bonds is 3. The van der Waals surface area contributed by atoms with Crippen LogP contribution in [0.1, 0.15) is 36.5 Å². The van der Waals surface area contributed by atoms with E-state index in [0.717, 1.165) is 18.9 Å². The molecule has 2 rings (SSSR count). The summed E-state index contributed by atoms with van der Waals surface area (Å²) in [7, 11) is 0. The van der Waals surface area contributed by atoms with E-state index in [4.69, 9.17) is 0 Å². The molecule has 1 amide bonds. The van der Waals surface area contributed by atoms with Crippen molar-refractivity contribution in [1.29, 1.82) is 0 Å². The first-order valence-corrected chi connectivity index (χ1v) is 5.49. The van der Waals surface area contributed by atoms with Crippen molar-refractivity contribution in [2.45, 2.75) is 26.2 Å². The number of aromatic nitrogens is 1. The third-order valence-electron chi connectivity index (χ3n) is 3.23. The van der Waals surface area contributed by atoms with E-state index in [0.29, 0.717) is 12.1 Å². The lowest BCUT2D eigenvalue weighted by Crippen LogP contribution is -2.39. The fourth-order valence-corrected chi connectivity index (χ4v) is 1.90. The minimum Gasteiger partial charge on any atom is -0.351 e. The summed E-state index contributed by atoms with van der Waals surface area (Å²) in [5.74, 6) is -0.850. The number of pyridine rings is 1. The summed E-state index contributed by atoms with van der Waals surface area (Å²) in [4.78, 5) is 15.1. The van der Waals surface area contributed by atoms with Gasteiger partial charge in [0.2, 0.25) is 5.95 Å². The van der Waals surface area contributed by atoms with Gasteiger partial charge in [0.15, 0.2) is 0 Å². The van der Waals surface area contributed by atoms with Crippen molar-refractivity contribution in [3.63, 3.8) is 0 Å². The smallest absolute Gasteiger partial charge is 0.251 e. The number of amides is 1. The molecule has 0 spiro atoms. The molecule has 4 heteroatoms. The fraction of sp³-hybridized carbons (Fsp3) is 0.500. The first-order valence-electron chi connectivity index (χ1n) is 5.49. The zero-order valence-corrected chi connectivity index (χ0v) is 9.29. The van der Waals surface area contributed by atoms with Gasteiger partial charge in [-0.15, -0.1) is 0 Å².